The fourth-order valence-corrected chi connectivity index (χ4v) is 2.71. The molecule has 0 fully saturated rings. The van der Waals surface area contributed by atoms with Crippen LogP contribution in [-0.2, 0) is 11.2 Å². The lowest BCUT2D eigenvalue weighted by Crippen LogP contribution is -2.14. The summed E-state index contributed by atoms with van der Waals surface area (Å²) in [6.07, 6.45) is 0.438. The molecule has 1 amide bonds. The minimum Gasteiger partial charge on any atom is -0.326 e. The van der Waals surface area contributed by atoms with E-state index in [1.54, 1.807) is 11.3 Å². The van der Waals surface area contributed by atoms with Gasteiger partial charge >= 0.3 is 0 Å². The Morgan fingerprint density at radius 1 is 1.41 bits per heavy atom. The highest BCUT2D eigenvalue weighted by atomic mass is 79.9. The van der Waals surface area contributed by atoms with Crippen molar-refractivity contribution in [3.63, 3.8) is 0 Å². The molecule has 1 aromatic carbocycles. The van der Waals surface area contributed by atoms with Crippen molar-refractivity contribution < 1.29 is 4.79 Å². The maximum atomic E-state index is 11.8. The molecule has 2 aromatic rings. The Morgan fingerprint density at radius 3 is 2.88 bits per heavy atom. The number of amides is 1. The van der Waals surface area contributed by atoms with Gasteiger partial charge in [0.1, 0.15) is 0 Å². The minimum absolute atomic E-state index is 0.0258. The molecule has 0 aliphatic heterocycles. The number of aryl methyl sites for hydroxylation is 1. The van der Waals surface area contributed by atoms with E-state index in [2.05, 4.69) is 21.2 Å². The second kappa shape index (κ2) is 5.47. The summed E-state index contributed by atoms with van der Waals surface area (Å²) in [4.78, 5) is 12.9. The zero-order chi connectivity index (χ0) is 12.3. The van der Waals surface area contributed by atoms with Crippen LogP contribution in [0.4, 0.5) is 5.69 Å². The smallest absolute Gasteiger partial charge is 0.229 e. The van der Waals surface area contributed by atoms with Crippen LogP contribution in [0.25, 0.3) is 0 Å². The molecule has 0 aliphatic carbocycles. The molecule has 0 atom stereocenters. The number of carbonyl (C=O) groups excluding carboxylic acids is 1. The van der Waals surface area contributed by atoms with E-state index in [1.807, 2.05) is 42.6 Å². The monoisotopic (exact) mass is 309 g/mol. The summed E-state index contributed by atoms with van der Waals surface area (Å²) in [7, 11) is 0. The van der Waals surface area contributed by atoms with Gasteiger partial charge in [-0.2, -0.15) is 0 Å². The standard InChI is InChI=1S/C13H12BrNOS/c1-9-7-10(14)4-5-12(9)15-13(16)8-11-3-2-6-17-11/h2-7H,8H2,1H3,(H,15,16). The van der Waals surface area contributed by atoms with Crippen molar-refractivity contribution in [1.82, 2.24) is 0 Å². The molecule has 1 heterocycles. The molecule has 4 heteroatoms. The number of benzene rings is 1. The molecule has 2 rings (SSSR count). The van der Waals surface area contributed by atoms with Crippen LogP contribution in [0.5, 0.6) is 0 Å². The molecular formula is C13H12BrNOS. The van der Waals surface area contributed by atoms with Gasteiger partial charge in [0.05, 0.1) is 6.42 Å². The van der Waals surface area contributed by atoms with Gasteiger partial charge in [-0.15, -0.1) is 11.3 Å². The van der Waals surface area contributed by atoms with Crippen LogP contribution in [0.2, 0.25) is 0 Å². The maximum absolute atomic E-state index is 11.8. The average Bonchev–Trinajstić information content (AvgIpc) is 2.75. The van der Waals surface area contributed by atoms with Crippen LogP contribution in [0.3, 0.4) is 0 Å². The molecule has 0 aliphatic rings. The molecule has 0 saturated carbocycles. The van der Waals surface area contributed by atoms with Crippen molar-refractivity contribution in [2.75, 3.05) is 5.32 Å². The molecule has 0 unspecified atom stereocenters. The van der Waals surface area contributed by atoms with Crippen molar-refractivity contribution in [3.05, 3.63) is 50.6 Å². The fourth-order valence-electron chi connectivity index (χ4n) is 1.53. The summed E-state index contributed by atoms with van der Waals surface area (Å²) < 4.78 is 1.02. The summed E-state index contributed by atoms with van der Waals surface area (Å²) in [5.41, 5.74) is 1.92. The van der Waals surface area contributed by atoms with Crippen LogP contribution in [0.1, 0.15) is 10.4 Å². The quantitative estimate of drug-likeness (QED) is 0.912. The lowest BCUT2D eigenvalue weighted by atomic mass is 10.2. The zero-order valence-corrected chi connectivity index (χ0v) is 11.8. The number of rotatable bonds is 3. The van der Waals surface area contributed by atoms with Gasteiger partial charge in [0, 0.05) is 15.0 Å². The molecule has 1 aromatic heterocycles. The molecule has 0 bridgehead atoms. The first-order valence-electron chi connectivity index (χ1n) is 5.23. The third-order valence-corrected chi connectivity index (χ3v) is 3.75. The number of anilines is 1. The van der Waals surface area contributed by atoms with E-state index in [0.29, 0.717) is 6.42 Å². The van der Waals surface area contributed by atoms with Gasteiger partial charge in [-0.3, -0.25) is 4.79 Å². The van der Waals surface area contributed by atoms with Crippen LogP contribution in [0.15, 0.2) is 40.2 Å². The highest BCUT2D eigenvalue weighted by molar-refractivity contribution is 9.10. The number of thiophene rings is 1. The molecule has 0 radical (unpaired) electrons. The Kier molecular flexibility index (Phi) is 3.97. The predicted molar refractivity (Wildman–Crippen MR) is 75.5 cm³/mol. The molecule has 1 N–H and O–H groups in total. The van der Waals surface area contributed by atoms with Crippen molar-refractivity contribution in [1.29, 1.82) is 0 Å². The lowest BCUT2D eigenvalue weighted by molar-refractivity contribution is -0.115. The summed E-state index contributed by atoms with van der Waals surface area (Å²) in [6, 6.07) is 9.75. The SMILES string of the molecule is Cc1cc(Br)ccc1NC(=O)Cc1cccs1. The highest BCUT2D eigenvalue weighted by Gasteiger charge is 2.06. The molecule has 0 spiro atoms. The second-order valence-electron chi connectivity index (χ2n) is 3.76. The molecule has 88 valence electrons. The maximum Gasteiger partial charge on any atom is 0.229 e. The Balaban J connectivity index is 2.03. The third-order valence-electron chi connectivity index (χ3n) is 2.38. The van der Waals surface area contributed by atoms with E-state index in [1.165, 1.54) is 0 Å². The first kappa shape index (κ1) is 12.3. The van der Waals surface area contributed by atoms with E-state index in [4.69, 9.17) is 0 Å². The predicted octanol–water partition coefficient (Wildman–Crippen LogP) is 4.00. The van der Waals surface area contributed by atoms with Gasteiger partial charge in [-0.1, -0.05) is 22.0 Å². The number of nitrogens with one attached hydrogen (secondary N) is 1. The van der Waals surface area contributed by atoms with Crippen molar-refractivity contribution in [2.24, 2.45) is 0 Å². The molecular weight excluding hydrogens is 298 g/mol. The Bertz CT molecular complexity index is 522. The molecule has 17 heavy (non-hydrogen) atoms. The number of halogens is 1. The minimum atomic E-state index is 0.0258. The van der Waals surface area contributed by atoms with Gasteiger partial charge in [-0.05, 0) is 42.1 Å². The number of carbonyl (C=O) groups is 1. The van der Waals surface area contributed by atoms with Crippen LogP contribution < -0.4 is 5.32 Å². The van der Waals surface area contributed by atoms with Gasteiger partial charge in [0.2, 0.25) is 5.91 Å². The lowest BCUT2D eigenvalue weighted by Gasteiger charge is -2.08. The number of hydrogen-bond acceptors (Lipinski definition) is 2. The Labute approximate surface area is 113 Å². The van der Waals surface area contributed by atoms with Crippen LogP contribution in [0, 0.1) is 6.92 Å². The number of hydrogen-bond donors (Lipinski definition) is 1. The summed E-state index contributed by atoms with van der Waals surface area (Å²) in [5.74, 6) is 0.0258. The van der Waals surface area contributed by atoms with E-state index in [0.717, 1.165) is 20.6 Å². The van der Waals surface area contributed by atoms with Crippen molar-refractivity contribution in [3.8, 4) is 0 Å². The highest BCUT2D eigenvalue weighted by Crippen LogP contribution is 2.20. The largest absolute Gasteiger partial charge is 0.326 e. The van der Waals surface area contributed by atoms with Crippen molar-refractivity contribution in [2.45, 2.75) is 13.3 Å². The fraction of sp³-hybridized carbons (Fsp3) is 0.154. The topological polar surface area (TPSA) is 29.1 Å². The summed E-state index contributed by atoms with van der Waals surface area (Å²) >= 11 is 5.00. The third kappa shape index (κ3) is 3.41. The van der Waals surface area contributed by atoms with E-state index >= 15 is 0 Å². The van der Waals surface area contributed by atoms with Gasteiger partial charge in [0.15, 0.2) is 0 Å². The van der Waals surface area contributed by atoms with Gasteiger partial charge < -0.3 is 5.32 Å². The first-order chi connectivity index (χ1) is 8.15. The van der Waals surface area contributed by atoms with E-state index in [9.17, 15) is 4.79 Å². The van der Waals surface area contributed by atoms with Crippen LogP contribution in [-0.4, -0.2) is 5.91 Å². The van der Waals surface area contributed by atoms with Gasteiger partial charge in [-0.25, -0.2) is 0 Å². The van der Waals surface area contributed by atoms with E-state index in [-0.39, 0.29) is 5.91 Å². The Morgan fingerprint density at radius 2 is 2.24 bits per heavy atom. The normalized spacial score (nSPS) is 10.2. The molecule has 0 saturated heterocycles. The average molecular weight is 310 g/mol. The van der Waals surface area contributed by atoms with Crippen LogP contribution >= 0.6 is 27.3 Å². The summed E-state index contributed by atoms with van der Waals surface area (Å²) in [5, 5.41) is 4.90. The molecule has 2 nitrogen and oxygen atoms in total. The van der Waals surface area contributed by atoms with Gasteiger partial charge in [0.25, 0.3) is 0 Å². The Hall–Kier alpha value is -1.13. The second-order valence-corrected chi connectivity index (χ2v) is 5.71. The van der Waals surface area contributed by atoms with E-state index < -0.39 is 0 Å². The summed E-state index contributed by atoms with van der Waals surface area (Å²) in [6.45, 7) is 1.98. The first-order valence-corrected chi connectivity index (χ1v) is 6.91. The zero-order valence-electron chi connectivity index (χ0n) is 9.37. The van der Waals surface area contributed by atoms with Crippen molar-refractivity contribution >= 4 is 38.9 Å².